The fraction of sp³-hybridized carbons (Fsp3) is 0.200. The molecule has 2 aromatic rings. The highest BCUT2D eigenvalue weighted by Gasteiger charge is 2.13. The summed E-state index contributed by atoms with van der Waals surface area (Å²) in [6.07, 6.45) is 0. The first-order valence-electron chi connectivity index (χ1n) is 6.49. The monoisotopic (exact) mass is 307 g/mol. The Morgan fingerprint density at radius 1 is 1.38 bits per heavy atom. The van der Waals surface area contributed by atoms with Crippen LogP contribution in [0.4, 0.5) is 15.9 Å². The number of pyridine rings is 1. The molecule has 0 aliphatic heterocycles. The molecule has 0 radical (unpaired) electrons. The number of carbonyl (C=O) groups excluding carboxylic acids is 1. The number of rotatable bonds is 4. The van der Waals surface area contributed by atoms with E-state index in [9.17, 15) is 9.18 Å². The summed E-state index contributed by atoms with van der Waals surface area (Å²) < 4.78 is 13.7. The Hall–Kier alpha value is -2.14. The standard InChI is InChI=1S/C15H15ClFN3O/c1-3-18-13-8-10(7-9(2)19-13)15(21)20-14-11(16)5-4-6-12(14)17/h4-8H,3H2,1-2H3,(H,18,19)(H,20,21). The number of amides is 1. The van der Waals surface area contributed by atoms with Gasteiger partial charge in [-0.15, -0.1) is 0 Å². The van der Waals surface area contributed by atoms with Crippen molar-refractivity contribution in [3.8, 4) is 0 Å². The van der Waals surface area contributed by atoms with Gasteiger partial charge in [-0.25, -0.2) is 9.37 Å². The van der Waals surface area contributed by atoms with Gasteiger partial charge < -0.3 is 10.6 Å². The molecular formula is C15H15ClFN3O. The third-order valence-corrected chi connectivity index (χ3v) is 3.09. The van der Waals surface area contributed by atoms with E-state index in [2.05, 4.69) is 15.6 Å². The summed E-state index contributed by atoms with van der Waals surface area (Å²) >= 11 is 5.89. The average Bonchev–Trinajstić information content (AvgIpc) is 2.42. The molecule has 0 fully saturated rings. The largest absolute Gasteiger partial charge is 0.370 e. The molecule has 0 atom stereocenters. The maximum atomic E-state index is 13.7. The van der Waals surface area contributed by atoms with Gasteiger partial charge in [0.05, 0.1) is 10.7 Å². The quantitative estimate of drug-likeness (QED) is 0.901. The highest BCUT2D eigenvalue weighted by atomic mass is 35.5. The summed E-state index contributed by atoms with van der Waals surface area (Å²) in [5.74, 6) is -0.414. The van der Waals surface area contributed by atoms with Crippen molar-refractivity contribution in [3.63, 3.8) is 0 Å². The number of carbonyl (C=O) groups is 1. The lowest BCUT2D eigenvalue weighted by molar-refractivity contribution is 0.102. The van der Waals surface area contributed by atoms with E-state index >= 15 is 0 Å². The van der Waals surface area contributed by atoms with E-state index in [0.717, 1.165) is 0 Å². The van der Waals surface area contributed by atoms with Crippen LogP contribution in [0.5, 0.6) is 0 Å². The van der Waals surface area contributed by atoms with E-state index < -0.39 is 11.7 Å². The van der Waals surface area contributed by atoms with Crippen LogP contribution < -0.4 is 10.6 Å². The zero-order valence-corrected chi connectivity index (χ0v) is 12.5. The molecule has 1 aromatic carbocycles. The van der Waals surface area contributed by atoms with Crippen LogP contribution in [-0.4, -0.2) is 17.4 Å². The Balaban J connectivity index is 2.28. The molecule has 0 saturated heterocycles. The first kappa shape index (κ1) is 15.3. The lowest BCUT2D eigenvalue weighted by Crippen LogP contribution is -2.14. The molecule has 0 bridgehead atoms. The summed E-state index contributed by atoms with van der Waals surface area (Å²) in [4.78, 5) is 16.5. The van der Waals surface area contributed by atoms with Crippen molar-refractivity contribution in [2.24, 2.45) is 0 Å². The molecule has 0 aliphatic carbocycles. The van der Waals surface area contributed by atoms with Crippen molar-refractivity contribution in [3.05, 3.63) is 52.4 Å². The first-order valence-corrected chi connectivity index (χ1v) is 6.87. The van der Waals surface area contributed by atoms with E-state index in [4.69, 9.17) is 11.6 Å². The molecule has 0 aliphatic rings. The fourth-order valence-corrected chi connectivity index (χ4v) is 2.08. The molecule has 2 rings (SSSR count). The molecule has 4 nitrogen and oxygen atoms in total. The Morgan fingerprint density at radius 2 is 2.14 bits per heavy atom. The van der Waals surface area contributed by atoms with Gasteiger partial charge in [0, 0.05) is 17.8 Å². The topological polar surface area (TPSA) is 54.0 Å². The maximum absolute atomic E-state index is 13.7. The lowest BCUT2D eigenvalue weighted by Gasteiger charge is -2.10. The van der Waals surface area contributed by atoms with Crippen molar-refractivity contribution in [1.82, 2.24) is 4.98 Å². The van der Waals surface area contributed by atoms with Crippen LogP contribution in [0.2, 0.25) is 5.02 Å². The number of anilines is 2. The van der Waals surface area contributed by atoms with Crippen molar-refractivity contribution >= 4 is 29.0 Å². The van der Waals surface area contributed by atoms with Crippen molar-refractivity contribution < 1.29 is 9.18 Å². The van der Waals surface area contributed by atoms with Crippen LogP contribution in [-0.2, 0) is 0 Å². The zero-order chi connectivity index (χ0) is 15.4. The first-order chi connectivity index (χ1) is 10.0. The second-order valence-electron chi connectivity index (χ2n) is 4.46. The minimum absolute atomic E-state index is 0.0244. The summed E-state index contributed by atoms with van der Waals surface area (Å²) in [5.41, 5.74) is 1.06. The molecule has 2 N–H and O–H groups in total. The van der Waals surface area contributed by atoms with E-state index in [1.54, 1.807) is 19.1 Å². The van der Waals surface area contributed by atoms with E-state index in [1.165, 1.54) is 18.2 Å². The van der Waals surface area contributed by atoms with Crippen LogP contribution in [0.25, 0.3) is 0 Å². The molecule has 1 amide bonds. The smallest absolute Gasteiger partial charge is 0.255 e. The van der Waals surface area contributed by atoms with Gasteiger partial charge in [-0.1, -0.05) is 17.7 Å². The van der Waals surface area contributed by atoms with Gasteiger partial charge in [0.25, 0.3) is 5.91 Å². The molecule has 0 unspecified atom stereocenters. The summed E-state index contributed by atoms with van der Waals surface area (Å²) in [7, 11) is 0. The Morgan fingerprint density at radius 3 is 2.81 bits per heavy atom. The second kappa shape index (κ2) is 6.54. The van der Waals surface area contributed by atoms with Gasteiger partial charge in [0.15, 0.2) is 0 Å². The number of aromatic nitrogens is 1. The predicted octanol–water partition coefficient (Wildman–Crippen LogP) is 3.87. The van der Waals surface area contributed by atoms with Gasteiger partial charge in [-0.2, -0.15) is 0 Å². The van der Waals surface area contributed by atoms with Crippen LogP contribution >= 0.6 is 11.6 Å². The van der Waals surface area contributed by atoms with Crippen LogP contribution in [0.15, 0.2) is 30.3 Å². The van der Waals surface area contributed by atoms with Crippen LogP contribution in [0, 0.1) is 12.7 Å². The molecule has 110 valence electrons. The summed E-state index contributed by atoms with van der Waals surface area (Å²) in [6.45, 7) is 4.41. The van der Waals surface area contributed by atoms with Crippen molar-refractivity contribution in [1.29, 1.82) is 0 Å². The van der Waals surface area contributed by atoms with E-state index in [1.807, 2.05) is 6.92 Å². The zero-order valence-electron chi connectivity index (χ0n) is 11.7. The number of nitrogens with zero attached hydrogens (tertiary/aromatic N) is 1. The van der Waals surface area contributed by atoms with Gasteiger partial charge in [0.1, 0.15) is 11.6 Å². The van der Waals surface area contributed by atoms with Crippen molar-refractivity contribution in [2.75, 3.05) is 17.2 Å². The van der Waals surface area contributed by atoms with Crippen LogP contribution in [0.1, 0.15) is 23.0 Å². The molecule has 21 heavy (non-hydrogen) atoms. The van der Waals surface area contributed by atoms with Crippen LogP contribution in [0.3, 0.4) is 0 Å². The lowest BCUT2D eigenvalue weighted by atomic mass is 10.2. The van der Waals surface area contributed by atoms with Gasteiger partial charge in [-0.3, -0.25) is 4.79 Å². The number of para-hydroxylation sites is 1. The average molecular weight is 308 g/mol. The minimum atomic E-state index is -0.575. The number of benzene rings is 1. The molecule has 0 saturated carbocycles. The van der Waals surface area contributed by atoms with Gasteiger partial charge in [-0.05, 0) is 38.1 Å². The number of nitrogens with one attached hydrogen (secondary N) is 2. The summed E-state index contributed by atoms with van der Waals surface area (Å²) in [6, 6.07) is 7.48. The fourth-order valence-electron chi connectivity index (χ4n) is 1.87. The number of hydrogen-bond acceptors (Lipinski definition) is 3. The molecule has 0 spiro atoms. The molecule has 6 heteroatoms. The number of hydrogen-bond donors (Lipinski definition) is 2. The van der Waals surface area contributed by atoms with Gasteiger partial charge >= 0.3 is 0 Å². The van der Waals surface area contributed by atoms with E-state index in [-0.39, 0.29) is 10.7 Å². The molecule has 1 aromatic heterocycles. The number of aryl methyl sites for hydroxylation is 1. The normalized spacial score (nSPS) is 10.3. The highest BCUT2D eigenvalue weighted by Crippen LogP contribution is 2.25. The predicted molar refractivity (Wildman–Crippen MR) is 82.5 cm³/mol. The molecular weight excluding hydrogens is 293 g/mol. The highest BCUT2D eigenvalue weighted by molar-refractivity contribution is 6.34. The van der Waals surface area contributed by atoms with E-state index in [0.29, 0.717) is 23.6 Å². The van der Waals surface area contributed by atoms with Crippen molar-refractivity contribution in [2.45, 2.75) is 13.8 Å². The number of halogens is 2. The Bertz CT molecular complexity index is 656. The SMILES string of the molecule is CCNc1cc(C(=O)Nc2c(F)cccc2Cl)cc(C)n1. The summed E-state index contributed by atoms with van der Waals surface area (Å²) in [5, 5.41) is 5.68. The Kier molecular flexibility index (Phi) is 4.75. The third-order valence-electron chi connectivity index (χ3n) is 2.77. The second-order valence-corrected chi connectivity index (χ2v) is 4.87. The van der Waals surface area contributed by atoms with Gasteiger partial charge in [0.2, 0.25) is 0 Å². The molecule has 1 heterocycles. The maximum Gasteiger partial charge on any atom is 0.255 e. The minimum Gasteiger partial charge on any atom is -0.370 e. The Labute approximate surface area is 127 Å². The third kappa shape index (κ3) is 3.70.